The van der Waals surface area contributed by atoms with Crippen molar-refractivity contribution in [2.45, 2.75) is 21.3 Å². The van der Waals surface area contributed by atoms with Gasteiger partial charge in [0.2, 0.25) is 0 Å². The summed E-state index contributed by atoms with van der Waals surface area (Å²) in [5, 5.41) is 2.21. The SMILES string of the molecule is C.CC.SOc1ccc2ccncc2c1. The van der Waals surface area contributed by atoms with E-state index in [4.69, 9.17) is 4.18 Å². The van der Waals surface area contributed by atoms with Crippen LogP contribution >= 0.6 is 12.9 Å². The van der Waals surface area contributed by atoms with Crippen LogP contribution in [0.4, 0.5) is 0 Å². The number of hydrogen-bond acceptors (Lipinski definition) is 3. The number of pyridine rings is 1. The monoisotopic (exact) mass is 223 g/mol. The van der Waals surface area contributed by atoms with Crippen molar-refractivity contribution in [3.63, 3.8) is 0 Å². The summed E-state index contributed by atoms with van der Waals surface area (Å²) in [6, 6.07) is 7.70. The Kier molecular flexibility index (Phi) is 6.54. The summed E-state index contributed by atoms with van der Waals surface area (Å²) in [7, 11) is 0. The van der Waals surface area contributed by atoms with Crippen molar-refractivity contribution in [1.29, 1.82) is 0 Å². The van der Waals surface area contributed by atoms with Gasteiger partial charge in [-0.05, 0) is 23.6 Å². The molecule has 0 aliphatic heterocycles. The molecule has 0 aliphatic rings. The lowest BCUT2D eigenvalue weighted by Gasteiger charge is -1.99. The van der Waals surface area contributed by atoms with Crippen LogP contribution in [0.5, 0.6) is 5.75 Å². The van der Waals surface area contributed by atoms with E-state index in [1.54, 1.807) is 12.4 Å². The summed E-state index contributed by atoms with van der Waals surface area (Å²) < 4.78 is 4.79. The first-order chi connectivity index (χ1) is 6.90. The molecule has 1 aromatic carbocycles. The Morgan fingerprint density at radius 3 is 2.53 bits per heavy atom. The summed E-state index contributed by atoms with van der Waals surface area (Å²) in [6.45, 7) is 4.00. The zero-order chi connectivity index (χ0) is 10.4. The lowest BCUT2D eigenvalue weighted by molar-refractivity contribution is 0.660. The van der Waals surface area contributed by atoms with Crippen molar-refractivity contribution in [2.24, 2.45) is 0 Å². The van der Waals surface area contributed by atoms with Gasteiger partial charge in [0.05, 0.1) is 0 Å². The van der Waals surface area contributed by atoms with E-state index in [1.165, 1.54) is 0 Å². The Bertz CT molecular complexity index is 403. The second kappa shape index (κ2) is 7.12. The molecule has 0 fully saturated rings. The Hall–Kier alpha value is -1.22. The van der Waals surface area contributed by atoms with Gasteiger partial charge in [-0.15, -0.1) is 0 Å². The third-order valence-electron chi connectivity index (χ3n) is 1.72. The molecule has 0 saturated heterocycles. The lowest BCUT2D eigenvalue weighted by atomic mass is 10.2. The highest BCUT2D eigenvalue weighted by Gasteiger charge is 1.94. The average Bonchev–Trinajstić information content (AvgIpc) is 2.31. The normalized spacial score (nSPS) is 8.47. The first kappa shape index (κ1) is 13.8. The van der Waals surface area contributed by atoms with Gasteiger partial charge >= 0.3 is 0 Å². The van der Waals surface area contributed by atoms with Gasteiger partial charge in [-0.2, -0.15) is 0 Å². The van der Waals surface area contributed by atoms with Gasteiger partial charge in [0.25, 0.3) is 0 Å². The van der Waals surface area contributed by atoms with Crippen molar-refractivity contribution in [3.05, 3.63) is 36.7 Å². The molecule has 0 saturated carbocycles. The highest BCUT2D eigenvalue weighted by molar-refractivity contribution is 7.75. The predicted molar refractivity (Wildman–Crippen MR) is 69.4 cm³/mol. The van der Waals surface area contributed by atoms with Crippen LogP contribution in [0, 0.1) is 0 Å². The fourth-order valence-electron chi connectivity index (χ4n) is 1.12. The van der Waals surface area contributed by atoms with E-state index < -0.39 is 0 Å². The van der Waals surface area contributed by atoms with Crippen LogP contribution in [0.1, 0.15) is 21.3 Å². The van der Waals surface area contributed by atoms with E-state index in [0.29, 0.717) is 0 Å². The van der Waals surface area contributed by atoms with Crippen molar-refractivity contribution in [2.75, 3.05) is 0 Å². The number of benzene rings is 1. The summed E-state index contributed by atoms with van der Waals surface area (Å²) in [6.07, 6.45) is 3.56. The van der Waals surface area contributed by atoms with Crippen molar-refractivity contribution < 1.29 is 4.18 Å². The summed E-state index contributed by atoms with van der Waals surface area (Å²) in [5.41, 5.74) is 0. The standard InChI is InChI=1S/C9H7NOS.C2H6.CH4/c12-11-9-2-1-7-3-4-10-6-8(7)5-9;1-2;/h1-6,12H;1-2H3;1H4. The summed E-state index contributed by atoms with van der Waals surface area (Å²) >= 11 is 3.72. The van der Waals surface area contributed by atoms with Crippen LogP contribution in [0.3, 0.4) is 0 Å². The van der Waals surface area contributed by atoms with Gasteiger partial charge in [0, 0.05) is 30.7 Å². The Morgan fingerprint density at radius 2 is 1.87 bits per heavy atom. The molecule has 0 unspecified atom stereocenters. The molecule has 0 N–H and O–H groups in total. The number of fused-ring (bicyclic) bond motifs is 1. The zero-order valence-corrected chi connectivity index (χ0v) is 9.16. The van der Waals surface area contributed by atoms with Crippen molar-refractivity contribution in [1.82, 2.24) is 4.98 Å². The third kappa shape index (κ3) is 3.44. The second-order valence-electron chi connectivity index (χ2n) is 2.48. The van der Waals surface area contributed by atoms with Crippen molar-refractivity contribution >= 4 is 23.7 Å². The highest BCUT2D eigenvalue weighted by Crippen LogP contribution is 2.19. The molecule has 0 spiro atoms. The topological polar surface area (TPSA) is 22.1 Å². The maximum absolute atomic E-state index is 4.79. The highest BCUT2D eigenvalue weighted by atomic mass is 32.1. The van der Waals surface area contributed by atoms with Gasteiger partial charge in [-0.1, -0.05) is 27.3 Å². The molecule has 15 heavy (non-hydrogen) atoms. The first-order valence-electron chi connectivity index (χ1n) is 4.55. The van der Waals surface area contributed by atoms with Crippen LogP contribution in [0.2, 0.25) is 0 Å². The van der Waals surface area contributed by atoms with E-state index in [2.05, 4.69) is 17.9 Å². The fraction of sp³-hybridized carbons (Fsp3) is 0.250. The Labute approximate surface area is 96.9 Å². The first-order valence-corrected chi connectivity index (χ1v) is 4.92. The molecule has 0 amide bonds. The number of hydrogen-bond donors (Lipinski definition) is 1. The summed E-state index contributed by atoms with van der Waals surface area (Å²) in [4.78, 5) is 4.01. The molecule has 0 radical (unpaired) electrons. The molecule has 0 atom stereocenters. The van der Waals surface area contributed by atoms with E-state index in [1.807, 2.05) is 38.1 Å². The molecule has 82 valence electrons. The smallest absolute Gasteiger partial charge is 0.137 e. The summed E-state index contributed by atoms with van der Waals surface area (Å²) in [5.74, 6) is 0.735. The van der Waals surface area contributed by atoms with E-state index in [9.17, 15) is 0 Å². The lowest BCUT2D eigenvalue weighted by Crippen LogP contribution is -1.77. The molecule has 2 aromatic rings. The molecule has 2 rings (SSSR count). The van der Waals surface area contributed by atoms with Crippen LogP contribution < -0.4 is 4.18 Å². The molecule has 3 heteroatoms. The maximum atomic E-state index is 4.79. The number of rotatable bonds is 1. The van der Waals surface area contributed by atoms with E-state index in [-0.39, 0.29) is 7.43 Å². The molecule has 2 nitrogen and oxygen atoms in total. The number of aromatic nitrogens is 1. The largest absolute Gasteiger partial charge is 0.429 e. The van der Waals surface area contributed by atoms with Crippen LogP contribution in [-0.4, -0.2) is 4.98 Å². The Morgan fingerprint density at radius 1 is 1.13 bits per heavy atom. The average molecular weight is 223 g/mol. The maximum Gasteiger partial charge on any atom is 0.137 e. The number of thiol groups is 1. The fourth-order valence-corrected chi connectivity index (χ4v) is 1.23. The van der Waals surface area contributed by atoms with Crippen LogP contribution in [-0.2, 0) is 0 Å². The Balaban J connectivity index is 0.000000617. The van der Waals surface area contributed by atoms with Gasteiger partial charge in [0.1, 0.15) is 5.75 Å². The molecular formula is C12H17NOS. The predicted octanol–water partition coefficient (Wildman–Crippen LogP) is 4.12. The third-order valence-corrected chi connectivity index (χ3v) is 1.93. The van der Waals surface area contributed by atoms with E-state index in [0.717, 1.165) is 16.5 Å². The number of nitrogens with zero attached hydrogens (tertiary/aromatic N) is 1. The quantitative estimate of drug-likeness (QED) is 0.580. The molecule has 0 aliphatic carbocycles. The molecule has 1 heterocycles. The minimum Gasteiger partial charge on any atom is -0.429 e. The minimum atomic E-state index is 0. The van der Waals surface area contributed by atoms with Gasteiger partial charge in [0.15, 0.2) is 0 Å². The van der Waals surface area contributed by atoms with Crippen LogP contribution in [0.15, 0.2) is 36.7 Å². The second-order valence-corrected chi connectivity index (χ2v) is 2.66. The molecular weight excluding hydrogens is 206 g/mol. The minimum absolute atomic E-state index is 0. The van der Waals surface area contributed by atoms with Gasteiger partial charge in [-0.25, -0.2) is 0 Å². The zero-order valence-electron chi connectivity index (χ0n) is 8.27. The molecule has 1 aromatic heterocycles. The van der Waals surface area contributed by atoms with Crippen LogP contribution in [0.25, 0.3) is 10.8 Å². The van der Waals surface area contributed by atoms with Gasteiger partial charge in [-0.3, -0.25) is 4.98 Å². The van der Waals surface area contributed by atoms with Gasteiger partial charge < -0.3 is 4.18 Å². The van der Waals surface area contributed by atoms with Crippen molar-refractivity contribution in [3.8, 4) is 5.75 Å². The molecule has 0 bridgehead atoms. The van der Waals surface area contributed by atoms with E-state index >= 15 is 0 Å².